The van der Waals surface area contributed by atoms with Gasteiger partial charge < -0.3 is 15.4 Å². The van der Waals surface area contributed by atoms with Gasteiger partial charge in [0, 0.05) is 30.4 Å². The largest absolute Gasteiger partial charge is 0.481 e. The predicted molar refractivity (Wildman–Crippen MR) is 118 cm³/mol. The maximum atomic E-state index is 13.5. The Morgan fingerprint density at radius 1 is 1.25 bits per heavy atom. The van der Waals surface area contributed by atoms with Crippen LogP contribution in [0.3, 0.4) is 0 Å². The number of halogens is 1. The highest BCUT2D eigenvalue weighted by atomic mass is 32.2. The number of ether oxygens (including phenoxy) is 1. The van der Waals surface area contributed by atoms with Crippen LogP contribution in [0.25, 0.3) is 6.08 Å². The molecule has 2 amide bonds. The van der Waals surface area contributed by atoms with Crippen molar-refractivity contribution >= 4 is 34.9 Å². The second kappa shape index (κ2) is 10.0. The Morgan fingerprint density at radius 3 is 2.75 bits per heavy atom. The Hall–Kier alpha value is -3.05. The van der Waals surface area contributed by atoms with Crippen molar-refractivity contribution < 1.29 is 18.7 Å². The molecule has 1 aliphatic heterocycles. The first-order valence-electron chi connectivity index (χ1n) is 10.3. The Bertz CT molecular complexity index is 1040. The number of carbonyl (C=O) groups excluding carboxylic acids is 2. The van der Waals surface area contributed by atoms with Crippen LogP contribution < -0.4 is 20.7 Å². The van der Waals surface area contributed by atoms with Crippen LogP contribution in [0.1, 0.15) is 36.9 Å². The molecule has 1 aliphatic carbocycles. The normalized spacial score (nSPS) is 22.1. The first-order valence-corrected chi connectivity index (χ1v) is 11.1. The van der Waals surface area contributed by atoms with Gasteiger partial charge in [-0.05, 0) is 55.7 Å². The summed E-state index contributed by atoms with van der Waals surface area (Å²) >= 11 is 0.857. The van der Waals surface area contributed by atoms with E-state index in [0.29, 0.717) is 40.6 Å². The Balaban J connectivity index is 1.28. The van der Waals surface area contributed by atoms with Gasteiger partial charge in [-0.25, -0.2) is 19.3 Å². The van der Waals surface area contributed by atoms with Crippen LogP contribution in [0.5, 0.6) is 5.88 Å². The molecule has 0 bridgehead atoms. The molecule has 32 heavy (non-hydrogen) atoms. The number of nitrogens with one attached hydrogen (secondary N) is 3. The molecule has 168 valence electrons. The van der Waals surface area contributed by atoms with Gasteiger partial charge in [0.15, 0.2) is 0 Å². The predicted octanol–water partition coefficient (Wildman–Crippen LogP) is 2.86. The summed E-state index contributed by atoms with van der Waals surface area (Å²) < 4.78 is 18.7. The lowest BCUT2D eigenvalue weighted by molar-refractivity contribution is -0.115. The summed E-state index contributed by atoms with van der Waals surface area (Å²) in [6, 6.07) is 3.67. The van der Waals surface area contributed by atoms with Crippen molar-refractivity contribution in [3.63, 3.8) is 0 Å². The molecule has 2 fully saturated rings. The van der Waals surface area contributed by atoms with Crippen molar-refractivity contribution in [2.24, 2.45) is 0 Å². The van der Waals surface area contributed by atoms with Gasteiger partial charge >= 0.3 is 0 Å². The maximum absolute atomic E-state index is 13.5. The quantitative estimate of drug-likeness (QED) is 0.538. The number of carbonyl (C=O) groups is 2. The van der Waals surface area contributed by atoms with Crippen molar-refractivity contribution in [1.82, 2.24) is 25.6 Å². The average molecular weight is 459 g/mol. The second-order valence-electron chi connectivity index (χ2n) is 7.55. The van der Waals surface area contributed by atoms with Gasteiger partial charge in [-0.2, -0.15) is 0 Å². The molecule has 1 saturated carbocycles. The number of hydrogen-bond acceptors (Lipinski definition) is 9. The number of nitrogens with zero attached hydrogens (tertiary/aromatic N) is 3. The monoisotopic (exact) mass is 458 g/mol. The molecule has 4 rings (SSSR count). The van der Waals surface area contributed by atoms with Crippen LogP contribution >= 0.6 is 11.8 Å². The molecule has 1 saturated heterocycles. The number of rotatable bonds is 7. The molecule has 2 aromatic rings. The summed E-state index contributed by atoms with van der Waals surface area (Å²) in [6.45, 7) is 0.491. The molecule has 3 N–H and O–H groups in total. The molecule has 0 radical (unpaired) electrons. The molecule has 0 spiro atoms. The van der Waals surface area contributed by atoms with E-state index in [4.69, 9.17) is 4.74 Å². The van der Waals surface area contributed by atoms with Crippen LogP contribution in [-0.4, -0.2) is 45.3 Å². The lowest BCUT2D eigenvalue weighted by Crippen LogP contribution is -2.37. The first kappa shape index (κ1) is 22.2. The van der Waals surface area contributed by atoms with E-state index in [1.807, 2.05) is 0 Å². The van der Waals surface area contributed by atoms with Gasteiger partial charge in [0.2, 0.25) is 11.8 Å². The highest BCUT2D eigenvalue weighted by Crippen LogP contribution is 2.26. The summed E-state index contributed by atoms with van der Waals surface area (Å²) in [5.41, 5.74) is 1.26. The topological polar surface area (TPSA) is 118 Å². The summed E-state index contributed by atoms with van der Waals surface area (Å²) in [6.07, 6.45) is 8.10. The van der Waals surface area contributed by atoms with E-state index < -0.39 is 5.91 Å². The standard InChI is InChI=1S/C21H23FN6O3S/c1-31-19-12(8-13(22)11-25-19)10-24-14-2-4-15(5-3-14)26-20-23-7-6-16(27-20)9-17-18(29)28-21(30)32-17/h6-9,11,14-15,24H,2-5,10H2,1H3,(H,23,26,27)(H,28,29,30). The van der Waals surface area contributed by atoms with Crippen LogP contribution in [0.4, 0.5) is 15.1 Å². The molecule has 2 aliphatic rings. The number of thioether (sulfide) groups is 1. The van der Waals surface area contributed by atoms with Crippen molar-refractivity contribution in [2.45, 2.75) is 44.3 Å². The third-order valence-electron chi connectivity index (χ3n) is 5.33. The number of methoxy groups -OCH3 is 1. The van der Waals surface area contributed by atoms with Crippen LogP contribution in [-0.2, 0) is 11.3 Å². The van der Waals surface area contributed by atoms with Crippen molar-refractivity contribution in [3.05, 3.63) is 46.5 Å². The number of anilines is 1. The molecule has 9 nitrogen and oxygen atoms in total. The van der Waals surface area contributed by atoms with E-state index in [2.05, 4.69) is 30.9 Å². The molecular formula is C21H23FN6O3S. The summed E-state index contributed by atoms with van der Waals surface area (Å²) in [5.74, 6) is 0.123. The Kier molecular flexibility index (Phi) is 6.96. The van der Waals surface area contributed by atoms with Crippen molar-refractivity contribution in [2.75, 3.05) is 12.4 Å². The summed E-state index contributed by atoms with van der Waals surface area (Å²) in [4.78, 5) is 36.0. The third kappa shape index (κ3) is 5.60. The molecule has 0 atom stereocenters. The van der Waals surface area contributed by atoms with Gasteiger partial charge in [0.25, 0.3) is 11.1 Å². The minimum atomic E-state index is -0.411. The van der Waals surface area contributed by atoms with Crippen LogP contribution in [0.2, 0.25) is 0 Å². The smallest absolute Gasteiger partial charge is 0.290 e. The fourth-order valence-electron chi connectivity index (χ4n) is 3.74. The van der Waals surface area contributed by atoms with E-state index in [1.54, 1.807) is 18.3 Å². The highest BCUT2D eigenvalue weighted by Gasteiger charge is 2.25. The van der Waals surface area contributed by atoms with Gasteiger partial charge in [-0.1, -0.05) is 0 Å². The lowest BCUT2D eigenvalue weighted by atomic mass is 9.91. The van der Waals surface area contributed by atoms with E-state index in [1.165, 1.54) is 13.2 Å². The summed E-state index contributed by atoms with van der Waals surface area (Å²) in [7, 11) is 1.52. The van der Waals surface area contributed by atoms with Crippen LogP contribution in [0.15, 0.2) is 29.4 Å². The number of pyridine rings is 1. The number of aromatic nitrogens is 3. The molecule has 0 unspecified atom stereocenters. The molecular weight excluding hydrogens is 435 g/mol. The van der Waals surface area contributed by atoms with E-state index >= 15 is 0 Å². The van der Waals surface area contributed by atoms with Crippen LogP contribution in [0, 0.1) is 5.82 Å². The molecule has 0 aromatic carbocycles. The zero-order valence-electron chi connectivity index (χ0n) is 17.4. The fourth-order valence-corrected chi connectivity index (χ4v) is 4.40. The van der Waals surface area contributed by atoms with E-state index in [-0.39, 0.29) is 17.1 Å². The molecule has 11 heteroatoms. The Labute approximate surface area is 188 Å². The number of hydrogen-bond donors (Lipinski definition) is 3. The molecule has 2 aromatic heterocycles. The van der Waals surface area contributed by atoms with Gasteiger partial charge in [-0.15, -0.1) is 0 Å². The Morgan fingerprint density at radius 2 is 2.03 bits per heavy atom. The van der Waals surface area contributed by atoms with E-state index in [0.717, 1.165) is 43.6 Å². The summed E-state index contributed by atoms with van der Waals surface area (Å²) in [5, 5.41) is 8.65. The fraction of sp³-hybridized carbons (Fsp3) is 0.381. The highest BCUT2D eigenvalue weighted by molar-refractivity contribution is 8.18. The zero-order valence-corrected chi connectivity index (χ0v) is 18.2. The second-order valence-corrected chi connectivity index (χ2v) is 8.57. The minimum Gasteiger partial charge on any atom is -0.481 e. The minimum absolute atomic E-state index is 0.229. The van der Waals surface area contributed by atoms with E-state index in [9.17, 15) is 14.0 Å². The maximum Gasteiger partial charge on any atom is 0.290 e. The molecule has 3 heterocycles. The number of amides is 2. The SMILES string of the molecule is COc1ncc(F)cc1CNC1CCC(Nc2nccc(C=C3SC(=O)NC3=O)n2)CC1. The van der Waals surface area contributed by atoms with Gasteiger partial charge in [0.1, 0.15) is 5.82 Å². The van der Waals surface area contributed by atoms with Gasteiger partial charge in [-0.3, -0.25) is 14.9 Å². The third-order valence-corrected chi connectivity index (χ3v) is 6.14. The first-order chi connectivity index (χ1) is 15.5. The van der Waals surface area contributed by atoms with Gasteiger partial charge in [0.05, 0.1) is 23.9 Å². The average Bonchev–Trinajstić information content (AvgIpc) is 3.10. The van der Waals surface area contributed by atoms with Crippen molar-refractivity contribution in [1.29, 1.82) is 0 Å². The lowest BCUT2D eigenvalue weighted by Gasteiger charge is -2.30. The van der Waals surface area contributed by atoms with Crippen molar-refractivity contribution in [3.8, 4) is 5.88 Å². The number of imide groups is 1. The zero-order chi connectivity index (χ0) is 22.5.